The first-order valence-electron chi connectivity index (χ1n) is 5.50. The molecule has 2 rings (SSSR count). The Bertz CT molecular complexity index is 437. The Hall–Kier alpha value is -1.62. The number of halogens is 1. The van der Waals surface area contributed by atoms with Gasteiger partial charge in [-0.1, -0.05) is 0 Å². The van der Waals surface area contributed by atoms with Crippen molar-refractivity contribution in [2.24, 2.45) is 5.73 Å². The Morgan fingerprint density at radius 1 is 1.59 bits per heavy atom. The first-order valence-corrected chi connectivity index (χ1v) is 5.50. The van der Waals surface area contributed by atoms with Crippen LogP contribution in [0.2, 0.25) is 0 Å². The first kappa shape index (κ1) is 11.9. The van der Waals surface area contributed by atoms with Gasteiger partial charge in [-0.3, -0.25) is 4.79 Å². The lowest BCUT2D eigenvalue weighted by molar-refractivity contribution is 0.0787. The second-order valence-electron chi connectivity index (χ2n) is 4.14. The van der Waals surface area contributed by atoms with Crippen LogP contribution in [0.1, 0.15) is 16.8 Å². The smallest absolute Gasteiger partial charge is 0.257 e. The normalized spacial score (nSPS) is 19.5. The average molecular weight is 238 g/mol. The second-order valence-corrected chi connectivity index (χ2v) is 4.14. The number of ether oxygens (including phenoxy) is 1. The number of carbonyl (C=O) groups is 1. The van der Waals surface area contributed by atoms with E-state index in [1.165, 1.54) is 25.3 Å². The Morgan fingerprint density at radius 2 is 2.35 bits per heavy atom. The summed E-state index contributed by atoms with van der Waals surface area (Å²) >= 11 is 0. The van der Waals surface area contributed by atoms with Crippen LogP contribution < -0.4 is 10.5 Å². The summed E-state index contributed by atoms with van der Waals surface area (Å²) in [5.41, 5.74) is 5.99. The van der Waals surface area contributed by atoms with Gasteiger partial charge in [-0.15, -0.1) is 0 Å². The zero-order valence-corrected chi connectivity index (χ0v) is 9.65. The molecule has 1 amide bonds. The number of rotatable bonds is 2. The largest absolute Gasteiger partial charge is 0.496 e. The maximum atomic E-state index is 13.2. The fourth-order valence-electron chi connectivity index (χ4n) is 1.99. The predicted octanol–water partition coefficient (Wildman–Crippen LogP) is 1.01. The van der Waals surface area contributed by atoms with Crippen molar-refractivity contribution in [2.75, 3.05) is 20.2 Å². The number of nitrogens with zero attached hydrogens (tertiary/aromatic N) is 1. The summed E-state index contributed by atoms with van der Waals surface area (Å²) < 4.78 is 18.2. The van der Waals surface area contributed by atoms with Crippen LogP contribution in [-0.2, 0) is 0 Å². The highest BCUT2D eigenvalue weighted by atomic mass is 19.1. The molecule has 1 aromatic rings. The molecule has 0 radical (unpaired) electrons. The number of benzene rings is 1. The van der Waals surface area contributed by atoms with E-state index >= 15 is 0 Å². The minimum Gasteiger partial charge on any atom is -0.496 e. The van der Waals surface area contributed by atoms with Crippen LogP contribution in [0.4, 0.5) is 4.39 Å². The van der Waals surface area contributed by atoms with Gasteiger partial charge in [0, 0.05) is 19.1 Å². The molecule has 1 fully saturated rings. The van der Waals surface area contributed by atoms with Crippen LogP contribution in [0.25, 0.3) is 0 Å². The van der Waals surface area contributed by atoms with E-state index in [9.17, 15) is 9.18 Å². The van der Waals surface area contributed by atoms with E-state index in [-0.39, 0.29) is 17.5 Å². The molecule has 1 aromatic carbocycles. The highest BCUT2D eigenvalue weighted by Crippen LogP contribution is 2.22. The maximum Gasteiger partial charge on any atom is 0.257 e. The van der Waals surface area contributed by atoms with Crippen LogP contribution in [0.3, 0.4) is 0 Å². The van der Waals surface area contributed by atoms with Gasteiger partial charge in [0.05, 0.1) is 12.7 Å². The standard InChI is InChI=1S/C12H15FN2O2/c1-17-11-3-2-8(13)6-10(11)12(16)15-5-4-9(14)7-15/h2-3,6,9H,4-5,7,14H2,1H3/t9-/m1/s1. The molecule has 0 aromatic heterocycles. The topological polar surface area (TPSA) is 55.6 Å². The molecule has 0 spiro atoms. The molecule has 0 unspecified atom stereocenters. The van der Waals surface area contributed by atoms with Crippen LogP contribution >= 0.6 is 0 Å². The van der Waals surface area contributed by atoms with E-state index < -0.39 is 5.82 Å². The van der Waals surface area contributed by atoms with Gasteiger partial charge in [0.1, 0.15) is 11.6 Å². The molecule has 1 heterocycles. The summed E-state index contributed by atoms with van der Waals surface area (Å²) in [6.45, 7) is 1.12. The Morgan fingerprint density at radius 3 is 2.94 bits per heavy atom. The third kappa shape index (κ3) is 2.39. The third-order valence-corrected chi connectivity index (χ3v) is 2.90. The summed E-state index contributed by atoms with van der Waals surface area (Å²) in [5, 5.41) is 0. The van der Waals surface area contributed by atoms with Crippen molar-refractivity contribution in [3.05, 3.63) is 29.6 Å². The molecule has 2 N–H and O–H groups in total. The van der Waals surface area contributed by atoms with Crippen LogP contribution in [0.5, 0.6) is 5.75 Å². The van der Waals surface area contributed by atoms with Crippen LogP contribution in [0, 0.1) is 5.82 Å². The molecule has 92 valence electrons. The molecule has 1 atom stereocenters. The number of amides is 1. The van der Waals surface area contributed by atoms with Gasteiger partial charge < -0.3 is 15.4 Å². The van der Waals surface area contributed by atoms with Crippen LogP contribution in [-0.4, -0.2) is 37.0 Å². The summed E-state index contributed by atoms with van der Waals surface area (Å²) in [6.07, 6.45) is 0.781. The van der Waals surface area contributed by atoms with Crippen LogP contribution in [0.15, 0.2) is 18.2 Å². The monoisotopic (exact) mass is 238 g/mol. The minimum absolute atomic E-state index is 0.0125. The van der Waals surface area contributed by atoms with Crippen molar-refractivity contribution in [1.82, 2.24) is 4.90 Å². The lowest BCUT2D eigenvalue weighted by Crippen LogP contribution is -2.32. The van der Waals surface area contributed by atoms with E-state index in [2.05, 4.69) is 0 Å². The number of hydrogen-bond donors (Lipinski definition) is 1. The summed E-state index contributed by atoms with van der Waals surface area (Å²) in [7, 11) is 1.46. The molecule has 0 aliphatic carbocycles. The Labute approximate surface area is 99.2 Å². The van der Waals surface area contributed by atoms with Gasteiger partial charge in [0.2, 0.25) is 0 Å². The molecule has 4 nitrogen and oxygen atoms in total. The summed E-state index contributed by atoms with van der Waals surface area (Å²) in [5.74, 6) is -0.288. The van der Waals surface area contributed by atoms with E-state index in [1.54, 1.807) is 4.90 Å². The fourth-order valence-corrected chi connectivity index (χ4v) is 1.99. The lowest BCUT2D eigenvalue weighted by Gasteiger charge is -2.17. The average Bonchev–Trinajstić information content (AvgIpc) is 2.75. The first-order chi connectivity index (χ1) is 8.11. The van der Waals surface area contributed by atoms with Gasteiger partial charge in [-0.2, -0.15) is 0 Å². The lowest BCUT2D eigenvalue weighted by atomic mass is 10.1. The number of carbonyl (C=O) groups excluding carboxylic acids is 1. The highest BCUT2D eigenvalue weighted by molar-refractivity contribution is 5.97. The van der Waals surface area contributed by atoms with Crippen molar-refractivity contribution < 1.29 is 13.9 Å². The zero-order chi connectivity index (χ0) is 12.4. The van der Waals surface area contributed by atoms with Gasteiger partial charge in [-0.05, 0) is 24.6 Å². The van der Waals surface area contributed by atoms with E-state index in [1.807, 2.05) is 0 Å². The van der Waals surface area contributed by atoms with E-state index in [0.29, 0.717) is 18.8 Å². The minimum atomic E-state index is -0.447. The molecule has 1 aliphatic heterocycles. The molecule has 0 bridgehead atoms. The summed E-state index contributed by atoms with van der Waals surface area (Å²) in [6, 6.07) is 3.94. The van der Waals surface area contributed by atoms with Crippen molar-refractivity contribution in [3.63, 3.8) is 0 Å². The Balaban J connectivity index is 2.26. The SMILES string of the molecule is COc1ccc(F)cc1C(=O)N1CC[C@@H](N)C1. The predicted molar refractivity (Wildman–Crippen MR) is 61.4 cm³/mol. The van der Waals surface area contributed by atoms with E-state index in [4.69, 9.17) is 10.5 Å². The fraction of sp³-hybridized carbons (Fsp3) is 0.417. The summed E-state index contributed by atoms with van der Waals surface area (Å²) in [4.78, 5) is 13.8. The number of nitrogens with two attached hydrogens (primary N) is 1. The number of likely N-dealkylation sites (tertiary alicyclic amines) is 1. The van der Waals surface area contributed by atoms with Gasteiger partial charge >= 0.3 is 0 Å². The maximum absolute atomic E-state index is 13.2. The quantitative estimate of drug-likeness (QED) is 0.836. The van der Waals surface area contributed by atoms with Gasteiger partial charge in [0.15, 0.2) is 0 Å². The number of methoxy groups -OCH3 is 1. The van der Waals surface area contributed by atoms with Gasteiger partial charge in [-0.25, -0.2) is 4.39 Å². The third-order valence-electron chi connectivity index (χ3n) is 2.90. The van der Waals surface area contributed by atoms with Crippen molar-refractivity contribution >= 4 is 5.91 Å². The number of hydrogen-bond acceptors (Lipinski definition) is 3. The molecule has 0 saturated carbocycles. The Kier molecular flexibility index (Phi) is 3.28. The van der Waals surface area contributed by atoms with E-state index in [0.717, 1.165) is 6.42 Å². The molecule has 5 heteroatoms. The molecule has 1 saturated heterocycles. The second kappa shape index (κ2) is 4.71. The highest BCUT2D eigenvalue weighted by Gasteiger charge is 2.26. The van der Waals surface area contributed by atoms with Crippen molar-refractivity contribution in [2.45, 2.75) is 12.5 Å². The molecular weight excluding hydrogens is 223 g/mol. The van der Waals surface area contributed by atoms with Crippen molar-refractivity contribution in [1.29, 1.82) is 0 Å². The van der Waals surface area contributed by atoms with Gasteiger partial charge in [0.25, 0.3) is 5.91 Å². The molecule has 17 heavy (non-hydrogen) atoms. The van der Waals surface area contributed by atoms with Crippen molar-refractivity contribution in [3.8, 4) is 5.75 Å². The zero-order valence-electron chi connectivity index (χ0n) is 9.65. The molecular formula is C12H15FN2O2. The molecule has 1 aliphatic rings.